The Morgan fingerprint density at radius 1 is 0.354 bits per heavy atom. The van der Waals surface area contributed by atoms with E-state index in [9.17, 15) is 0 Å². The highest BCUT2D eigenvalue weighted by Gasteiger charge is 2.37. The number of furan rings is 1. The van der Waals surface area contributed by atoms with Gasteiger partial charge in [0.1, 0.15) is 11.2 Å². The number of hydrogen-bond donors (Lipinski definition) is 0. The maximum Gasteiger partial charge on any atom is 0.164 e. The normalized spacial score (nSPS) is 14.3. The molecule has 65 heavy (non-hydrogen) atoms. The minimum absolute atomic E-state index is 0.0911. The average molecular weight is 838 g/mol. The Morgan fingerprint density at radius 3 is 1.71 bits per heavy atom. The number of fused-ring (bicyclic) bond motifs is 6. The van der Waals surface area contributed by atoms with E-state index in [1.165, 1.54) is 34.1 Å². The van der Waals surface area contributed by atoms with Gasteiger partial charge < -0.3 is 4.42 Å². The van der Waals surface area contributed by atoms with Crippen LogP contribution in [0.5, 0.6) is 0 Å². The van der Waals surface area contributed by atoms with E-state index in [4.69, 9.17) is 19.4 Å². The van der Waals surface area contributed by atoms with Gasteiger partial charge in [-0.05, 0) is 120 Å². The summed E-state index contributed by atoms with van der Waals surface area (Å²) in [5, 5.41) is 6.71. The van der Waals surface area contributed by atoms with E-state index in [0.29, 0.717) is 17.5 Å². The monoisotopic (exact) mass is 837 g/mol. The number of rotatable bonds is 6. The van der Waals surface area contributed by atoms with Crippen molar-refractivity contribution in [3.8, 4) is 67.5 Å². The molecule has 312 valence electrons. The zero-order valence-electron chi connectivity index (χ0n) is 37.1. The summed E-state index contributed by atoms with van der Waals surface area (Å²) in [5.74, 6) is 1.88. The lowest BCUT2D eigenvalue weighted by molar-refractivity contribution is 0.332. The first-order chi connectivity index (χ1) is 31.7. The van der Waals surface area contributed by atoms with E-state index in [2.05, 4.69) is 210 Å². The molecule has 0 saturated carbocycles. The van der Waals surface area contributed by atoms with Gasteiger partial charge in [-0.15, -0.1) is 0 Å². The first-order valence-corrected chi connectivity index (χ1v) is 22.7. The zero-order chi connectivity index (χ0) is 43.9. The van der Waals surface area contributed by atoms with Crippen LogP contribution in [0.1, 0.15) is 51.7 Å². The molecule has 1 aliphatic rings. The number of para-hydroxylation sites is 1. The van der Waals surface area contributed by atoms with Crippen molar-refractivity contribution in [1.82, 2.24) is 15.0 Å². The molecule has 11 aromatic rings. The maximum atomic E-state index is 6.71. The first-order valence-electron chi connectivity index (χ1n) is 22.7. The van der Waals surface area contributed by atoms with Crippen LogP contribution in [0.15, 0.2) is 192 Å². The van der Waals surface area contributed by atoms with Crippen LogP contribution in [0.2, 0.25) is 0 Å². The molecule has 0 amide bonds. The fourth-order valence-electron chi connectivity index (χ4n) is 10.3. The average Bonchev–Trinajstić information content (AvgIpc) is 3.73. The summed E-state index contributed by atoms with van der Waals surface area (Å²) in [4.78, 5) is 15.7. The summed E-state index contributed by atoms with van der Waals surface area (Å²) >= 11 is 0. The van der Waals surface area contributed by atoms with Gasteiger partial charge >= 0.3 is 0 Å². The Labute approximate surface area is 379 Å². The molecule has 0 fully saturated rings. The molecule has 4 nitrogen and oxygen atoms in total. The van der Waals surface area contributed by atoms with Crippen molar-refractivity contribution in [2.45, 2.75) is 51.4 Å². The van der Waals surface area contributed by atoms with E-state index in [0.717, 1.165) is 83.5 Å². The fourth-order valence-corrected chi connectivity index (χ4v) is 10.3. The molecule has 2 heterocycles. The summed E-state index contributed by atoms with van der Waals surface area (Å²) in [6.45, 7) is 9.57. The van der Waals surface area contributed by atoms with E-state index < -0.39 is 0 Å². The second kappa shape index (κ2) is 15.0. The quantitative estimate of drug-likeness (QED) is 0.167. The molecule has 0 atom stereocenters. The predicted molar refractivity (Wildman–Crippen MR) is 270 cm³/mol. The van der Waals surface area contributed by atoms with Crippen LogP contribution in [-0.2, 0) is 10.8 Å². The Kier molecular flexibility index (Phi) is 8.96. The van der Waals surface area contributed by atoms with Gasteiger partial charge in [-0.1, -0.05) is 185 Å². The van der Waals surface area contributed by atoms with Crippen molar-refractivity contribution < 1.29 is 4.42 Å². The highest BCUT2D eigenvalue weighted by Crippen LogP contribution is 2.48. The first kappa shape index (κ1) is 38.9. The summed E-state index contributed by atoms with van der Waals surface area (Å²) in [6.07, 6.45) is 2.35. The van der Waals surface area contributed by atoms with Gasteiger partial charge in [0.05, 0.1) is 0 Å². The third kappa shape index (κ3) is 6.71. The second-order valence-corrected chi connectivity index (χ2v) is 19.0. The third-order valence-corrected chi connectivity index (χ3v) is 14.0. The molecule has 2 aromatic heterocycles. The smallest absolute Gasteiger partial charge is 0.164 e. The highest BCUT2D eigenvalue weighted by molar-refractivity contribution is 6.17. The molecule has 0 unspecified atom stereocenters. The molecule has 1 aliphatic carbocycles. The van der Waals surface area contributed by atoms with Crippen LogP contribution in [0.4, 0.5) is 0 Å². The second-order valence-electron chi connectivity index (χ2n) is 19.0. The molecule has 0 bridgehead atoms. The largest absolute Gasteiger partial charge is 0.456 e. The van der Waals surface area contributed by atoms with Gasteiger partial charge in [-0.25, -0.2) is 15.0 Å². The lowest BCUT2D eigenvalue weighted by Crippen LogP contribution is -2.33. The lowest BCUT2D eigenvalue weighted by atomic mass is 9.63. The number of aromatic nitrogens is 3. The van der Waals surface area contributed by atoms with Crippen LogP contribution >= 0.6 is 0 Å². The molecule has 12 rings (SSSR count). The van der Waals surface area contributed by atoms with Gasteiger partial charge in [0.2, 0.25) is 0 Å². The minimum Gasteiger partial charge on any atom is -0.456 e. The maximum absolute atomic E-state index is 6.71. The topological polar surface area (TPSA) is 51.8 Å². The van der Waals surface area contributed by atoms with Crippen molar-refractivity contribution in [3.05, 3.63) is 199 Å². The summed E-state index contributed by atoms with van der Waals surface area (Å²) < 4.78 is 6.71. The molecule has 0 spiro atoms. The Morgan fingerprint density at radius 2 is 0.923 bits per heavy atom. The standard InChI is InChI=1S/C61H47N3O/c1-60(2)32-33-61(3,4)53-36-43(28-31-52(53)60)45-35-51(56-50-20-12-13-21-54(50)65-55(56)37-45)48-29-30-49(47-19-11-10-18-46(47)48)59-63-57(41-25-22-40(23-26-41)38-14-6-5-7-15-38)62-58(64-59)44-27-24-39-16-8-9-17-42(39)34-44/h5-31,34-37H,32-33H2,1-4H3. The van der Waals surface area contributed by atoms with Gasteiger partial charge in [-0.3, -0.25) is 0 Å². The van der Waals surface area contributed by atoms with Crippen LogP contribution in [0.3, 0.4) is 0 Å². The molecule has 0 radical (unpaired) electrons. The van der Waals surface area contributed by atoms with Crippen molar-refractivity contribution in [2.75, 3.05) is 0 Å². The van der Waals surface area contributed by atoms with Crippen molar-refractivity contribution in [2.24, 2.45) is 0 Å². The van der Waals surface area contributed by atoms with E-state index in [1.807, 2.05) is 6.07 Å². The van der Waals surface area contributed by atoms with Gasteiger partial charge in [-0.2, -0.15) is 0 Å². The Hall–Kier alpha value is -7.69. The molecule has 0 N–H and O–H groups in total. The Balaban J connectivity index is 1.05. The molecular weight excluding hydrogens is 791 g/mol. The molecular formula is C61H47N3O. The SMILES string of the molecule is CC1(C)CCC(C)(C)c2cc(-c3cc(-c4ccc(-c5nc(-c6ccc(-c7ccccc7)cc6)nc(-c6ccc7ccccc7c6)n5)c5ccccc45)c4c(c3)oc3ccccc34)ccc21. The van der Waals surface area contributed by atoms with Crippen LogP contribution in [0, 0.1) is 0 Å². The fraction of sp³-hybridized carbons (Fsp3) is 0.131. The van der Waals surface area contributed by atoms with Gasteiger partial charge in [0.15, 0.2) is 17.5 Å². The van der Waals surface area contributed by atoms with Crippen molar-refractivity contribution in [1.29, 1.82) is 0 Å². The number of benzene rings is 9. The van der Waals surface area contributed by atoms with E-state index in [1.54, 1.807) is 0 Å². The van der Waals surface area contributed by atoms with Crippen LogP contribution in [0.25, 0.3) is 111 Å². The van der Waals surface area contributed by atoms with Crippen molar-refractivity contribution >= 4 is 43.5 Å². The number of nitrogens with zero attached hydrogens (tertiary/aromatic N) is 3. The highest BCUT2D eigenvalue weighted by atomic mass is 16.3. The molecule has 0 saturated heterocycles. The van der Waals surface area contributed by atoms with E-state index in [-0.39, 0.29) is 10.8 Å². The van der Waals surface area contributed by atoms with Gasteiger partial charge in [0, 0.05) is 27.5 Å². The number of hydrogen-bond acceptors (Lipinski definition) is 4. The minimum atomic E-state index is 0.0911. The molecule has 4 heteroatoms. The van der Waals surface area contributed by atoms with Crippen LogP contribution in [-0.4, -0.2) is 15.0 Å². The lowest BCUT2D eigenvalue weighted by Gasteiger charge is -2.42. The summed E-state index contributed by atoms with van der Waals surface area (Å²) in [5.41, 5.74) is 14.6. The third-order valence-electron chi connectivity index (χ3n) is 14.0. The molecule has 9 aromatic carbocycles. The van der Waals surface area contributed by atoms with Crippen LogP contribution < -0.4 is 0 Å². The molecule has 0 aliphatic heterocycles. The predicted octanol–water partition coefficient (Wildman–Crippen LogP) is 16.4. The van der Waals surface area contributed by atoms with Gasteiger partial charge in [0.25, 0.3) is 0 Å². The van der Waals surface area contributed by atoms with E-state index >= 15 is 0 Å². The van der Waals surface area contributed by atoms with Crippen molar-refractivity contribution in [3.63, 3.8) is 0 Å². The Bertz CT molecular complexity index is 3650. The summed E-state index contributed by atoms with van der Waals surface area (Å²) in [7, 11) is 0. The summed E-state index contributed by atoms with van der Waals surface area (Å²) in [6, 6.07) is 67.1. The zero-order valence-corrected chi connectivity index (χ0v) is 37.1.